The normalized spacial score (nSPS) is 12.7. The molecule has 2 N–H and O–H groups in total. The van der Waals surface area contributed by atoms with Crippen LogP contribution in [0.25, 0.3) is 0 Å². The molecule has 0 bridgehead atoms. The Morgan fingerprint density at radius 2 is 2.00 bits per heavy atom. The third-order valence-electron chi connectivity index (χ3n) is 3.10. The number of rotatable bonds is 7. The molecular formula is C14H19NO6S. The molecule has 7 nitrogen and oxygen atoms in total. The highest BCUT2D eigenvalue weighted by molar-refractivity contribution is 7.90. The second-order valence-electron chi connectivity index (χ2n) is 4.89. The summed E-state index contributed by atoms with van der Waals surface area (Å²) in [6, 6.07) is 3.06. The molecule has 0 aromatic heterocycles. The molecule has 122 valence electrons. The smallest absolute Gasteiger partial charge is 0.326 e. The number of carbonyl (C=O) groups is 2. The van der Waals surface area contributed by atoms with E-state index in [4.69, 9.17) is 9.84 Å². The number of methoxy groups -OCH3 is 1. The maximum atomic E-state index is 12.2. The van der Waals surface area contributed by atoms with Gasteiger partial charge in [-0.1, -0.05) is 6.07 Å². The van der Waals surface area contributed by atoms with E-state index in [1.54, 1.807) is 6.92 Å². The molecule has 0 aliphatic rings. The van der Waals surface area contributed by atoms with Gasteiger partial charge in [0.05, 0.1) is 4.90 Å². The van der Waals surface area contributed by atoms with Gasteiger partial charge in [-0.15, -0.1) is 0 Å². The van der Waals surface area contributed by atoms with Crippen LogP contribution >= 0.6 is 0 Å². The Labute approximate surface area is 129 Å². The van der Waals surface area contributed by atoms with E-state index < -0.39 is 27.8 Å². The molecule has 1 amide bonds. The van der Waals surface area contributed by atoms with Crippen LogP contribution in [-0.4, -0.2) is 51.4 Å². The van der Waals surface area contributed by atoms with E-state index in [2.05, 4.69) is 5.32 Å². The van der Waals surface area contributed by atoms with Crippen molar-refractivity contribution < 1.29 is 27.9 Å². The van der Waals surface area contributed by atoms with Gasteiger partial charge in [0.1, 0.15) is 6.04 Å². The molecule has 1 atom stereocenters. The van der Waals surface area contributed by atoms with Crippen LogP contribution in [0.5, 0.6) is 0 Å². The summed E-state index contributed by atoms with van der Waals surface area (Å²) < 4.78 is 27.9. The first-order valence-corrected chi connectivity index (χ1v) is 8.39. The summed E-state index contributed by atoms with van der Waals surface area (Å²) in [5.74, 6) is -1.81. The number of hydrogen-bond donors (Lipinski definition) is 2. The minimum absolute atomic E-state index is 0.00650. The Bertz CT molecular complexity index is 668. The van der Waals surface area contributed by atoms with Gasteiger partial charge in [0.2, 0.25) is 0 Å². The molecule has 0 aliphatic carbocycles. The van der Waals surface area contributed by atoms with Gasteiger partial charge in [0.15, 0.2) is 9.84 Å². The van der Waals surface area contributed by atoms with Crippen molar-refractivity contribution in [3.05, 3.63) is 29.3 Å². The Morgan fingerprint density at radius 3 is 2.50 bits per heavy atom. The van der Waals surface area contributed by atoms with Crippen molar-refractivity contribution in [2.45, 2.75) is 24.3 Å². The van der Waals surface area contributed by atoms with Crippen molar-refractivity contribution >= 4 is 21.7 Å². The van der Waals surface area contributed by atoms with Crippen LogP contribution in [0.1, 0.15) is 22.3 Å². The summed E-state index contributed by atoms with van der Waals surface area (Å²) in [5.41, 5.74) is 0.687. The van der Waals surface area contributed by atoms with Gasteiger partial charge in [-0.2, -0.15) is 0 Å². The second kappa shape index (κ2) is 7.37. The summed E-state index contributed by atoms with van der Waals surface area (Å²) in [6.07, 6.45) is 1.15. The van der Waals surface area contributed by atoms with E-state index in [1.165, 1.54) is 25.3 Å². The van der Waals surface area contributed by atoms with Crippen LogP contribution in [0.4, 0.5) is 0 Å². The number of carbonyl (C=O) groups excluding carboxylic acids is 1. The van der Waals surface area contributed by atoms with Crippen molar-refractivity contribution in [1.82, 2.24) is 5.32 Å². The molecule has 0 aliphatic heterocycles. The van der Waals surface area contributed by atoms with Gasteiger partial charge in [-0.25, -0.2) is 13.2 Å². The molecule has 1 rings (SSSR count). The summed E-state index contributed by atoms with van der Waals surface area (Å²) in [5, 5.41) is 11.5. The molecule has 0 radical (unpaired) electrons. The topological polar surface area (TPSA) is 110 Å². The first-order chi connectivity index (χ1) is 10.2. The van der Waals surface area contributed by atoms with E-state index >= 15 is 0 Å². The minimum Gasteiger partial charge on any atom is -0.480 e. The average Bonchev–Trinajstić information content (AvgIpc) is 2.42. The lowest BCUT2D eigenvalue weighted by atomic mass is 10.1. The zero-order valence-electron chi connectivity index (χ0n) is 12.6. The SMILES string of the molecule is COCCC(NC(=O)c1cc(S(C)(=O)=O)ccc1C)C(=O)O. The fourth-order valence-corrected chi connectivity index (χ4v) is 2.45. The maximum absolute atomic E-state index is 12.2. The van der Waals surface area contributed by atoms with Crippen molar-refractivity contribution in [2.24, 2.45) is 0 Å². The summed E-state index contributed by atoms with van der Waals surface area (Å²) in [6.45, 7) is 1.82. The number of ether oxygens (including phenoxy) is 1. The van der Waals surface area contributed by atoms with Gasteiger partial charge in [-0.05, 0) is 24.6 Å². The lowest BCUT2D eigenvalue weighted by molar-refractivity contribution is -0.139. The number of amides is 1. The van der Waals surface area contributed by atoms with E-state index in [0.29, 0.717) is 5.56 Å². The van der Waals surface area contributed by atoms with Crippen molar-refractivity contribution in [3.8, 4) is 0 Å². The number of sulfone groups is 1. The van der Waals surface area contributed by atoms with Gasteiger partial charge in [-0.3, -0.25) is 4.79 Å². The predicted molar refractivity (Wildman–Crippen MR) is 79.7 cm³/mol. The van der Waals surface area contributed by atoms with E-state index in [1.807, 2.05) is 0 Å². The zero-order valence-corrected chi connectivity index (χ0v) is 13.4. The van der Waals surface area contributed by atoms with Crippen molar-refractivity contribution in [1.29, 1.82) is 0 Å². The van der Waals surface area contributed by atoms with Crippen LogP contribution in [0.3, 0.4) is 0 Å². The molecule has 0 saturated carbocycles. The monoisotopic (exact) mass is 329 g/mol. The van der Waals surface area contributed by atoms with Crippen LogP contribution in [0.2, 0.25) is 0 Å². The van der Waals surface area contributed by atoms with Crippen LogP contribution < -0.4 is 5.32 Å². The van der Waals surface area contributed by atoms with Crippen LogP contribution in [0, 0.1) is 6.92 Å². The van der Waals surface area contributed by atoms with E-state index in [9.17, 15) is 18.0 Å². The molecule has 0 saturated heterocycles. The number of aryl methyl sites for hydroxylation is 1. The van der Waals surface area contributed by atoms with Gasteiger partial charge in [0.25, 0.3) is 5.91 Å². The lowest BCUT2D eigenvalue weighted by Crippen LogP contribution is -2.41. The third kappa shape index (κ3) is 4.81. The molecule has 0 spiro atoms. The predicted octanol–water partition coefficient (Wildman–Crippen LogP) is 0.618. The fraction of sp³-hybridized carbons (Fsp3) is 0.429. The highest BCUT2D eigenvalue weighted by Gasteiger charge is 2.22. The summed E-state index contributed by atoms with van der Waals surface area (Å²) >= 11 is 0. The van der Waals surface area contributed by atoms with Crippen LogP contribution in [0.15, 0.2) is 23.1 Å². The van der Waals surface area contributed by atoms with E-state index in [-0.39, 0.29) is 23.5 Å². The molecule has 1 unspecified atom stereocenters. The average molecular weight is 329 g/mol. The Balaban J connectivity index is 3.04. The highest BCUT2D eigenvalue weighted by atomic mass is 32.2. The largest absolute Gasteiger partial charge is 0.480 e. The Hall–Kier alpha value is -1.93. The number of carboxylic acids is 1. The van der Waals surface area contributed by atoms with Gasteiger partial charge >= 0.3 is 5.97 Å². The third-order valence-corrected chi connectivity index (χ3v) is 4.21. The second-order valence-corrected chi connectivity index (χ2v) is 6.91. The molecule has 22 heavy (non-hydrogen) atoms. The standard InChI is InChI=1S/C14H19NO6S/c1-9-4-5-10(22(3,19)20)8-11(9)13(16)15-12(14(17)18)6-7-21-2/h4-5,8,12H,6-7H2,1-3H3,(H,15,16)(H,17,18). The van der Waals surface area contributed by atoms with Gasteiger partial charge in [0, 0.05) is 32.0 Å². The van der Waals surface area contributed by atoms with Crippen molar-refractivity contribution in [3.63, 3.8) is 0 Å². The quantitative estimate of drug-likeness (QED) is 0.759. The first kappa shape index (κ1) is 18.1. The Kier molecular flexibility index (Phi) is 6.07. The molecule has 1 aromatic rings. The summed E-state index contributed by atoms with van der Waals surface area (Å²) in [4.78, 5) is 23.3. The number of hydrogen-bond acceptors (Lipinski definition) is 5. The van der Waals surface area contributed by atoms with Gasteiger partial charge < -0.3 is 15.2 Å². The number of nitrogens with one attached hydrogen (secondary N) is 1. The molecular weight excluding hydrogens is 310 g/mol. The fourth-order valence-electron chi connectivity index (χ4n) is 1.81. The number of benzene rings is 1. The number of carboxylic acid groups (broad SMARTS) is 1. The maximum Gasteiger partial charge on any atom is 0.326 e. The Morgan fingerprint density at radius 1 is 1.36 bits per heavy atom. The summed E-state index contributed by atoms with van der Waals surface area (Å²) in [7, 11) is -2.02. The highest BCUT2D eigenvalue weighted by Crippen LogP contribution is 2.16. The molecule has 0 heterocycles. The molecule has 8 heteroatoms. The minimum atomic E-state index is -3.45. The molecule has 0 fully saturated rings. The lowest BCUT2D eigenvalue weighted by Gasteiger charge is -2.15. The van der Waals surface area contributed by atoms with E-state index in [0.717, 1.165) is 6.26 Å². The zero-order chi connectivity index (χ0) is 16.9. The first-order valence-electron chi connectivity index (χ1n) is 6.50. The van der Waals surface area contributed by atoms with Crippen LogP contribution in [-0.2, 0) is 19.4 Å². The number of aliphatic carboxylic acids is 1. The molecule has 1 aromatic carbocycles. The van der Waals surface area contributed by atoms with Crippen molar-refractivity contribution in [2.75, 3.05) is 20.0 Å².